The van der Waals surface area contributed by atoms with Crippen molar-refractivity contribution in [3.63, 3.8) is 0 Å². The molecule has 2 unspecified atom stereocenters. The normalized spacial score (nSPS) is 23.3. The van der Waals surface area contributed by atoms with E-state index in [1.807, 2.05) is 18.2 Å². The fourth-order valence-corrected chi connectivity index (χ4v) is 4.50. The Morgan fingerprint density at radius 3 is 2.63 bits per heavy atom. The Morgan fingerprint density at radius 2 is 2.05 bits per heavy atom. The second-order valence-corrected chi connectivity index (χ2v) is 7.69. The van der Waals surface area contributed by atoms with Gasteiger partial charge in [0.2, 0.25) is 0 Å². The smallest absolute Gasteiger partial charge is 0.154 e. The largest absolute Gasteiger partial charge is 0.309 e. The molecule has 0 bridgehead atoms. The van der Waals surface area contributed by atoms with Crippen LogP contribution in [0, 0.1) is 0 Å². The van der Waals surface area contributed by atoms with Gasteiger partial charge in [0.05, 0.1) is 11.0 Å². The Morgan fingerprint density at radius 1 is 1.32 bits per heavy atom. The molecule has 1 saturated heterocycles. The molecule has 0 aromatic heterocycles. The zero-order valence-electron chi connectivity index (χ0n) is 11.5. The van der Waals surface area contributed by atoms with Crippen molar-refractivity contribution in [2.75, 3.05) is 12.3 Å². The van der Waals surface area contributed by atoms with Crippen LogP contribution in [-0.2, 0) is 9.84 Å². The van der Waals surface area contributed by atoms with Gasteiger partial charge in [0.15, 0.2) is 9.84 Å². The lowest BCUT2D eigenvalue weighted by atomic mass is 10.0. The summed E-state index contributed by atoms with van der Waals surface area (Å²) < 4.78 is 23.7. The zero-order valence-corrected chi connectivity index (χ0v) is 12.3. The molecule has 106 valence electrons. The van der Waals surface area contributed by atoms with Crippen LogP contribution in [0.15, 0.2) is 30.3 Å². The number of rotatable bonds is 6. The highest BCUT2D eigenvalue weighted by Crippen LogP contribution is 2.22. The van der Waals surface area contributed by atoms with Crippen molar-refractivity contribution in [3.05, 3.63) is 35.9 Å². The molecule has 0 spiro atoms. The van der Waals surface area contributed by atoms with E-state index in [-0.39, 0.29) is 11.3 Å². The molecule has 4 heteroatoms. The van der Waals surface area contributed by atoms with Crippen molar-refractivity contribution in [2.24, 2.45) is 0 Å². The summed E-state index contributed by atoms with van der Waals surface area (Å²) in [4.78, 5) is 0. The van der Waals surface area contributed by atoms with Crippen molar-refractivity contribution >= 4 is 9.84 Å². The van der Waals surface area contributed by atoms with Gasteiger partial charge < -0.3 is 5.32 Å². The highest BCUT2D eigenvalue weighted by Gasteiger charge is 2.31. The average Bonchev–Trinajstić information content (AvgIpc) is 2.75. The first-order valence-corrected chi connectivity index (χ1v) is 8.85. The van der Waals surface area contributed by atoms with Gasteiger partial charge >= 0.3 is 0 Å². The highest BCUT2D eigenvalue weighted by molar-refractivity contribution is 7.92. The molecule has 0 radical (unpaired) electrons. The van der Waals surface area contributed by atoms with Gasteiger partial charge in [-0.1, -0.05) is 43.7 Å². The van der Waals surface area contributed by atoms with E-state index in [1.165, 1.54) is 5.56 Å². The van der Waals surface area contributed by atoms with Gasteiger partial charge in [0.1, 0.15) is 0 Å². The first-order chi connectivity index (χ1) is 9.13. The summed E-state index contributed by atoms with van der Waals surface area (Å²) in [7, 11) is -2.84. The van der Waals surface area contributed by atoms with E-state index >= 15 is 0 Å². The lowest BCUT2D eigenvalue weighted by Crippen LogP contribution is -2.33. The molecule has 0 amide bonds. The Kier molecular flexibility index (Phi) is 4.99. The Labute approximate surface area is 116 Å². The van der Waals surface area contributed by atoms with E-state index in [0.29, 0.717) is 12.3 Å². The van der Waals surface area contributed by atoms with E-state index in [1.54, 1.807) is 0 Å². The fraction of sp³-hybridized carbons (Fsp3) is 0.600. The van der Waals surface area contributed by atoms with Gasteiger partial charge in [0, 0.05) is 12.6 Å². The molecule has 1 fully saturated rings. The minimum Gasteiger partial charge on any atom is -0.309 e. The molecule has 1 aromatic rings. The van der Waals surface area contributed by atoms with Crippen LogP contribution in [0.25, 0.3) is 0 Å². The Bertz CT molecular complexity index is 484. The topological polar surface area (TPSA) is 46.2 Å². The maximum absolute atomic E-state index is 11.8. The summed E-state index contributed by atoms with van der Waals surface area (Å²) in [6, 6.07) is 10.6. The summed E-state index contributed by atoms with van der Waals surface area (Å²) in [5.41, 5.74) is 1.25. The predicted octanol–water partition coefficient (Wildman–Crippen LogP) is 2.69. The third-order valence-corrected chi connectivity index (χ3v) is 6.11. The van der Waals surface area contributed by atoms with E-state index < -0.39 is 9.84 Å². The monoisotopic (exact) mass is 281 g/mol. The molecule has 2 rings (SSSR count). The van der Waals surface area contributed by atoms with E-state index in [2.05, 4.69) is 24.4 Å². The lowest BCUT2D eigenvalue weighted by molar-refractivity contribution is 0.482. The minimum absolute atomic E-state index is 0.185. The maximum Gasteiger partial charge on any atom is 0.154 e. The van der Waals surface area contributed by atoms with Crippen LogP contribution in [-0.4, -0.2) is 26.0 Å². The van der Waals surface area contributed by atoms with Crippen molar-refractivity contribution in [1.29, 1.82) is 0 Å². The number of nitrogens with one attached hydrogen (secondary N) is 1. The summed E-state index contributed by atoms with van der Waals surface area (Å²) in [5.74, 6) is 0.364. The molecule has 0 aliphatic carbocycles. The number of sulfone groups is 1. The van der Waals surface area contributed by atoms with Crippen LogP contribution in [0.1, 0.15) is 44.2 Å². The first kappa shape index (κ1) is 14.5. The molecule has 1 N–H and O–H groups in total. The lowest BCUT2D eigenvalue weighted by Gasteiger charge is -2.20. The van der Waals surface area contributed by atoms with Gasteiger partial charge in [-0.2, -0.15) is 0 Å². The third-order valence-electron chi connectivity index (χ3n) is 3.83. The van der Waals surface area contributed by atoms with Crippen molar-refractivity contribution < 1.29 is 8.42 Å². The van der Waals surface area contributed by atoms with Crippen LogP contribution in [0.4, 0.5) is 0 Å². The van der Waals surface area contributed by atoms with Gasteiger partial charge in [-0.15, -0.1) is 0 Å². The van der Waals surface area contributed by atoms with Crippen LogP contribution >= 0.6 is 0 Å². The van der Waals surface area contributed by atoms with Crippen molar-refractivity contribution in [3.8, 4) is 0 Å². The summed E-state index contributed by atoms with van der Waals surface area (Å²) in [5, 5.41) is 3.27. The van der Waals surface area contributed by atoms with E-state index in [9.17, 15) is 8.42 Å². The summed E-state index contributed by atoms with van der Waals surface area (Å²) in [6.07, 6.45) is 3.75. The Balaban J connectivity index is 1.98. The number of hydrogen-bond donors (Lipinski definition) is 1. The van der Waals surface area contributed by atoms with Crippen molar-refractivity contribution in [1.82, 2.24) is 5.32 Å². The van der Waals surface area contributed by atoms with Gasteiger partial charge in [-0.05, 0) is 24.8 Å². The molecule has 19 heavy (non-hydrogen) atoms. The SMILES string of the molecule is CCCC(NCC1CCCS1(=O)=O)c1ccccc1. The fourth-order valence-electron chi connectivity index (χ4n) is 2.72. The maximum atomic E-state index is 11.8. The van der Waals surface area contributed by atoms with Gasteiger partial charge in [-0.25, -0.2) is 8.42 Å². The molecular weight excluding hydrogens is 258 g/mol. The van der Waals surface area contributed by atoms with Crippen LogP contribution in [0.5, 0.6) is 0 Å². The predicted molar refractivity (Wildman–Crippen MR) is 78.9 cm³/mol. The highest BCUT2D eigenvalue weighted by atomic mass is 32.2. The third kappa shape index (κ3) is 3.80. The molecule has 1 aliphatic heterocycles. The summed E-state index contributed by atoms with van der Waals surface area (Å²) in [6.45, 7) is 2.74. The van der Waals surface area contributed by atoms with Gasteiger partial charge in [-0.3, -0.25) is 0 Å². The Hall–Kier alpha value is -0.870. The second-order valence-electron chi connectivity index (χ2n) is 5.29. The number of hydrogen-bond acceptors (Lipinski definition) is 3. The molecule has 1 aliphatic rings. The van der Waals surface area contributed by atoms with Crippen LogP contribution in [0.2, 0.25) is 0 Å². The van der Waals surface area contributed by atoms with Crippen molar-refractivity contribution in [2.45, 2.75) is 43.9 Å². The molecule has 1 heterocycles. The molecule has 0 saturated carbocycles. The minimum atomic E-state index is -2.84. The van der Waals surface area contributed by atoms with E-state index in [4.69, 9.17) is 0 Å². The second kappa shape index (κ2) is 6.53. The standard InChI is InChI=1S/C15H23NO2S/c1-2-7-15(13-8-4-3-5-9-13)16-12-14-10-6-11-19(14,17)18/h3-5,8-9,14-16H,2,6-7,10-12H2,1H3. The van der Waals surface area contributed by atoms with E-state index in [0.717, 1.165) is 25.7 Å². The average molecular weight is 281 g/mol. The molecule has 3 nitrogen and oxygen atoms in total. The van der Waals surface area contributed by atoms with Crippen LogP contribution < -0.4 is 5.32 Å². The molecule has 2 atom stereocenters. The quantitative estimate of drug-likeness (QED) is 0.872. The van der Waals surface area contributed by atoms with Gasteiger partial charge in [0.25, 0.3) is 0 Å². The van der Waals surface area contributed by atoms with Crippen LogP contribution in [0.3, 0.4) is 0 Å². The molecular formula is C15H23NO2S. The first-order valence-electron chi connectivity index (χ1n) is 7.13. The number of benzene rings is 1. The molecule has 1 aromatic carbocycles. The summed E-state index contributed by atoms with van der Waals surface area (Å²) >= 11 is 0. The zero-order chi connectivity index (χ0) is 13.7.